The van der Waals surface area contributed by atoms with Crippen molar-refractivity contribution in [3.05, 3.63) is 52.8 Å². The molecule has 0 bridgehead atoms. The summed E-state index contributed by atoms with van der Waals surface area (Å²) in [5.74, 6) is -0.144. The second-order valence-electron chi connectivity index (χ2n) is 4.45. The molecule has 2 N–H and O–H groups in total. The molecule has 100 valence electrons. The quantitative estimate of drug-likeness (QED) is 0.865. The molecule has 0 saturated carbocycles. The molecule has 0 unspecified atom stereocenters. The second-order valence-corrected chi connectivity index (χ2v) is 4.45. The molecule has 0 aliphatic rings. The molecular weight excluding hydrogens is 242 g/mol. The summed E-state index contributed by atoms with van der Waals surface area (Å²) in [5, 5.41) is 15.9. The van der Waals surface area contributed by atoms with E-state index >= 15 is 0 Å². The maximum absolute atomic E-state index is 12.0. The Bertz CT molecular complexity index is 573. The Morgan fingerprint density at radius 3 is 2.47 bits per heavy atom. The molecule has 19 heavy (non-hydrogen) atoms. The Morgan fingerprint density at radius 1 is 1.32 bits per heavy atom. The summed E-state index contributed by atoms with van der Waals surface area (Å²) in [6.45, 7) is 2.33. The third-order valence-electron chi connectivity index (χ3n) is 2.89. The van der Waals surface area contributed by atoms with Crippen LogP contribution >= 0.6 is 0 Å². The van der Waals surface area contributed by atoms with Crippen LogP contribution in [0.15, 0.2) is 30.3 Å². The van der Waals surface area contributed by atoms with Crippen LogP contribution in [0.5, 0.6) is 0 Å². The van der Waals surface area contributed by atoms with Gasteiger partial charge >= 0.3 is 0 Å². The van der Waals surface area contributed by atoms with Gasteiger partial charge in [0.05, 0.1) is 12.3 Å². The van der Waals surface area contributed by atoms with Crippen LogP contribution in [0, 0.1) is 6.92 Å². The predicted molar refractivity (Wildman–Crippen MR) is 71.5 cm³/mol. The van der Waals surface area contributed by atoms with Crippen LogP contribution in [-0.4, -0.2) is 20.8 Å². The number of aliphatic hydroxyl groups is 1. The Labute approximate surface area is 111 Å². The smallest absolute Gasteiger partial charge is 0.269 e. The Kier molecular flexibility index (Phi) is 3.97. The van der Waals surface area contributed by atoms with E-state index in [0.717, 1.165) is 16.8 Å². The zero-order valence-corrected chi connectivity index (χ0v) is 11.1. The van der Waals surface area contributed by atoms with E-state index in [1.54, 1.807) is 17.8 Å². The van der Waals surface area contributed by atoms with Crippen molar-refractivity contribution >= 4 is 5.91 Å². The van der Waals surface area contributed by atoms with Gasteiger partial charge in [0, 0.05) is 13.6 Å². The zero-order chi connectivity index (χ0) is 13.8. The van der Waals surface area contributed by atoms with Crippen LogP contribution in [-0.2, 0) is 20.2 Å². The SMILES string of the molecule is Cc1cc(C(=O)NCc2ccc(CO)cc2)n(C)n1. The number of nitrogens with one attached hydrogen (secondary N) is 1. The van der Waals surface area contributed by atoms with Gasteiger partial charge in [0.2, 0.25) is 0 Å². The summed E-state index contributed by atoms with van der Waals surface area (Å²) in [5.41, 5.74) is 3.21. The largest absolute Gasteiger partial charge is 0.392 e. The van der Waals surface area contributed by atoms with E-state index in [-0.39, 0.29) is 12.5 Å². The lowest BCUT2D eigenvalue weighted by Crippen LogP contribution is -2.25. The maximum Gasteiger partial charge on any atom is 0.269 e. The molecule has 1 heterocycles. The first-order valence-corrected chi connectivity index (χ1v) is 6.07. The third kappa shape index (κ3) is 3.20. The molecule has 0 fully saturated rings. The molecule has 0 spiro atoms. The van der Waals surface area contributed by atoms with Crippen LogP contribution < -0.4 is 5.32 Å². The zero-order valence-electron chi connectivity index (χ0n) is 11.1. The lowest BCUT2D eigenvalue weighted by atomic mass is 10.1. The van der Waals surface area contributed by atoms with Gasteiger partial charge in [0.25, 0.3) is 5.91 Å². The second kappa shape index (κ2) is 5.67. The molecule has 0 atom stereocenters. The third-order valence-corrected chi connectivity index (χ3v) is 2.89. The summed E-state index contributed by atoms with van der Waals surface area (Å²) in [6.07, 6.45) is 0. The Balaban J connectivity index is 1.98. The molecule has 1 aromatic carbocycles. The molecule has 5 heteroatoms. The fraction of sp³-hybridized carbons (Fsp3) is 0.286. The van der Waals surface area contributed by atoms with Gasteiger partial charge in [-0.05, 0) is 24.1 Å². The fourth-order valence-corrected chi connectivity index (χ4v) is 1.86. The van der Waals surface area contributed by atoms with Crippen LogP contribution in [0.25, 0.3) is 0 Å². The molecule has 2 rings (SSSR count). The normalized spacial score (nSPS) is 10.5. The number of carbonyl (C=O) groups excluding carboxylic acids is 1. The summed E-state index contributed by atoms with van der Waals surface area (Å²) >= 11 is 0. The van der Waals surface area contributed by atoms with Crippen LogP contribution in [0.4, 0.5) is 0 Å². The van der Waals surface area contributed by atoms with E-state index in [1.165, 1.54) is 0 Å². The van der Waals surface area contributed by atoms with Gasteiger partial charge in [-0.3, -0.25) is 9.48 Å². The van der Waals surface area contributed by atoms with Crippen molar-refractivity contribution in [3.63, 3.8) is 0 Å². The highest BCUT2D eigenvalue weighted by atomic mass is 16.3. The fourth-order valence-electron chi connectivity index (χ4n) is 1.86. The maximum atomic E-state index is 12.0. The lowest BCUT2D eigenvalue weighted by molar-refractivity contribution is 0.0941. The first kappa shape index (κ1) is 13.3. The highest BCUT2D eigenvalue weighted by molar-refractivity contribution is 5.92. The monoisotopic (exact) mass is 259 g/mol. The number of rotatable bonds is 4. The summed E-state index contributed by atoms with van der Waals surface area (Å²) < 4.78 is 1.57. The van der Waals surface area contributed by atoms with Crippen molar-refractivity contribution < 1.29 is 9.90 Å². The van der Waals surface area contributed by atoms with Crippen LogP contribution in [0.2, 0.25) is 0 Å². The molecular formula is C14H17N3O2. The van der Waals surface area contributed by atoms with E-state index in [2.05, 4.69) is 10.4 Å². The molecule has 5 nitrogen and oxygen atoms in total. The molecule has 1 amide bonds. The van der Waals surface area contributed by atoms with Gasteiger partial charge < -0.3 is 10.4 Å². The minimum Gasteiger partial charge on any atom is -0.392 e. The summed E-state index contributed by atoms with van der Waals surface area (Å²) in [7, 11) is 1.75. The van der Waals surface area contributed by atoms with Crippen LogP contribution in [0.1, 0.15) is 27.3 Å². The van der Waals surface area contributed by atoms with E-state index in [0.29, 0.717) is 12.2 Å². The number of aromatic nitrogens is 2. The van der Waals surface area contributed by atoms with Crippen molar-refractivity contribution in [1.82, 2.24) is 15.1 Å². The molecule has 0 aliphatic carbocycles. The first-order chi connectivity index (χ1) is 9.10. The van der Waals surface area contributed by atoms with Crippen molar-refractivity contribution in [3.8, 4) is 0 Å². The van der Waals surface area contributed by atoms with Crippen molar-refractivity contribution in [2.45, 2.75) is 20.1 Å². The standard InChI is InChI=1S/C14H17N3O2/c1-10-7-13(17(2)16-10)14(19)15-8-11-3-5-12(9-18)6-4-11/h3-7,18H,8-9H2,1-2H3,(H,15,19). The van der Waals surface area contributed by atoms with Crippen molar-refractivity contribution in [2.75, 3.05) is 0 Å². The number of hydrogen-bond acceptors (Lipinski definition) is 3. The van der Waals surface area contributed by atoms with E-state index in [1.807, 2.05) is 31.2 Å². The van der Waals surface area contributed by atoms with E-state index in [4.69, 9.17) is 5.11 Å². The lowest BCUT2D eigenvalue weighted by Gasteiger charge is -2.06. The average Bonchev–Trinajstić information content (AvgIpc) is 2.75. The number of hydrogen-bond donors (Lipinski definition) is 2. The minimum absolute atomic E-state index is 0.0287. The molecule has 0 saturated heterocycles. The van der Waals surface area contributed by atoms with Gasteiger partial charge in [0.1, 0.15) is 5.69 Å². The number of amides is 1. The molecule has 2 aromatic rings. The number of benzene rings is 1. The van der Waals surface area contributed by atoms with Gasteiger partial charge in [-0.1, -0.05) is 24.3 Å². The van der Waals surface area contributed by atoms with Crippen molar-refractivity contribution in [1.29, 1.82) is 0 Å². The number of carbonyl (C=O) groups is 1. The van der Waals surface area contributed by atoms with Gasteiger partial charge in [-0.15, -0.1) is 0 Å². The molecule has 0 aliphatic heterocycles. The Morgan fingerprint density at radius 2 is 1.95 bits per heavy atom. The average molecular weight is 259 g/mol. The highest BCUT2D eigenvalue weighted by Crippen LogP contribution is 2.05. The number of aryl methyl sites for hydroxylation is 2. The Hall–Kier alpha value is -2.14. The van der Waals surface area contributed by atoms with E-state index < -0.39 is 0 Å². The number of nitrogens with zero attached hydrogens (tertiary/aromatic N) is 2. The van der Waals surface area contributed by atoms with Gasteiger partial charge in [-0.25, -0.2) is 0 Å². The minimum atomic E-state index is -0.144. The van der Waals surface area contributed by atoms with Crippen molar-refractivity contribution in [2.24, 2.45) is 7.05 Å². The number of aliphatic hydroxyl groups excluding tert-OH is 1. The summed E-state index contributed by atoms with van der Waals surface area (Å²) in [4.78, 5) is 12.0. The first-order valence-electron chi connectivity index (χ1n) is 6.07. The predicted octanol–water partition coefficient (Wildman–Crippen LogP) is 1.15. The molecule has 1 aromatic heterocycles. The van der Waals surface area contributed by atoms with Gasteiger partial charge in [-0.2, -0.15) is 5.10 Å². The topological polar surface area (TPSA) is 67.2 Å². The summed E-state index contributed by atoms with van der Waals surface area (Å²) in [6, 6.07) is 9.22. The molecule has 0 radical (unpaired) electrons. The van der Waals surface area contributed by atoms with E-state index in [9.17, 15) is 4.79 Å². The van der Waals surface area contributed by atoms with Crippen LogP contribution in [0.3, 0.4) is 0 Å². The van der Waals surface area contributed by atoms with Gasteiger partial charge in [0.15, 0.2) is 0 Å². The highest BCUT2D eigenvalue weighted by Gasteiger charge is 2.10.